The van der Waals surface area contributed by atoms with Crippen LogP contribution in [-0.4, -0.2) is 136 Å². The highest BCUT2D eigenvalue weighted by molar-refractivity contribution is 6.87. The molecule has 59 heavy (non-hydrogen) atoms. The van der Waals surface area contributed by atoms with Crippen LogP contribution in [0.1, 0.15) is 84.3 Å². The lowest BCUT2D eigenvalue weighted by molar-refractivity contribution is -0.150. The van der Waals surface area contributed by atoms with Crippen LogP contribution >= 0.6 is 0 Å². The second-order valence-electron chi connectivity index (χ2n) is 16.4. The molecule has 0 unspecified atom stereocenters. The molecular formula is C40H67N9O9Si. The summed E-state index contributed by atoms with van der Waals surface area (Å²) in [6.07, 6.45) is 8.55. The number of unbranched alkanes of at least 4 members (excludes halogenated alkanes) is 2. The van der Waals surface area contributed by atoms with Gasteiger partial charge in [0.05, 0.1) is 91.1 Å². The van der Waals surface area contributed by atoms with E-state index in [4.69, 9.17) is 37.9 Å². The summed E-state index contributed by atoms with van der Waals surface area (Å²) in [4.78, 5) is 12.0. The minimum atomic E-state index is -1.69. The first-order chi connectivity index (χ1) is 28.3. The van der Waals surface area contributed by atoms with Gasteiger partial charge in [0.1, 0.15) is 56.2 Å². The highest BCUT2D eigenvalue weighted by Gasteiger charge is 2.33. The molecule has 0 spiro atoms. The lowest BCUT2D eigenvalue weighted by Gasteiger charge is -2.31. The van der Waals surface area contributed by atoms with Crippen molar-refractivity contribution in [2.45, 2.75) is 149 Å². The van der Waals surface area contributed by atoms with Gasteiger partial charge in [-0.15, -0.1) is 20.8 Å². The summed E-state index contributed by atoms with van der Waals surface area (Å²) in [5.74, 6) is 2.81. The Labute approximate surface area is 350 Å². The summed E-state index contributed by atoms with van der Waals surface area (Å²) in [6, 6.07) is 0. The van der Waals surface area contributed by atoms with Gasteiger partial charge in [-0.25, -0.2) is 14.0 Å². The zero-order valence-corrected chi connectivity index (χ0v) is 37.5. The third-order valence-corrected chi connectivity index (χ3v) is 14.3. The molecule has 1 saturated heterocycles. The zero-order valence-electron chi connectivity index (χ0n) is 36.5. The van der Waals surface area contributed by atoms with Crippen LogP contribution in [0.3, 0.4) is 0 Å². The highest BCUT2D eigenvalue weighted by atomic mass is 28.3. The molecule has 18 nitrogen and oxygen atoms in total. The average molecular weight is 846 g/mol. The summed E-state index contributed by atoms with van der Waals surface area (Å²) < 4.78 is 51.5. The van der Waals surface area contributed by atoms with Gasteiger partial charge in [-0.05, 0) is 17.9 Å². The van der Waals surface area contributed by atoms with Crippen molar-refractivity contribution in [1.29, 1.82) is 0 Å². The molecule has 0 aliphatic carbocycles. The normalized spacial score (nSPS) is 15.8. The van der Waals surface area contributed by atoms with Gasteiger partial charge < -0.3 is 37.9 Å². The molecule has 330 valence electrons. The number of nitrogens with zero attached hydrogens (tertiary/aromatic N) is 9. The first-order valence-corrected chi connectivity index (χ1v) is 23.8. The molecule has 3 aromatic heterocycles. The Balaban J connectivity index is 1.21. The van der Waals surface area contributed by atoms with Crippen molar-refractivity contribution in [2.75, 3.05) is 52.9 Å². The van der Waals surface area contributed by atoms with E-state index in [-0.39, 0.29) is 49.7 Å². The lowest BCUT2D eigenvalue weighted by atomic mass is 10.2. The fourth-order valence-corrected chi connectivity index (χ4v) is 6.19. The smallest absolute Gasteiger partial charge is 0.303 e. The molecule has 3 aromatic rings. The Morgan fingerprint density at radius 3 is 1.69 bits per heavy atom. The number of carbonyl (C=O) groups is 1. The minimum Gasteiger partial charge on any atom is -0.458 e. The Kier molecular flexibility index (Phi) is 20.5. The van der Waals surface area contributed by atoms with Crippen LogP contribution in [0.4, 0.5) is 0 Å². The quantitative estimate of drug-likeness (QED) is 0.0306. The second kappa shape index (κ2) is 25.2. The number of esters is 1. The van der Waals surface area contributed by atoms with E-state index < -0.39 is 20.1 Å². The number of aromatic nitrogens is 9. The molecule has 0 aromatic carbocycles. The van der Waals surface area contributed by atoms with Gasteiger partial charge in [-0.3, -0.25) is 4.79 Å². The van der Waals surface area contributed by atoms with Crippen molar-refractivity contribution in [3.05, 3.63) is 35.7 Å². The molecule has 4 atom stereocenters. The Bertz CT molecular complexity index is 1700. The largest absolute Gasteiger partial charge is 0.458 e. The zero-order chi connectivity index (χ0) is 42.5. The molecule has 1 aliphatic rings. The van der Waals surface area contributed by atoms with Crippen LogP contribution in [0.5, 0.6) is 0 Å². The number of epoxide rings is 1. The van der Waals surface area contributed by atoms with Crippen molar-refractivity contribution in [1.82, 2.24) is 45.0 Å². The number of rotatable bonds is 30. The third-order valence-electron chi connectivity index (χ3n) is 9.78. The summed E-state index contributed by atoms with van der Waals surface area (Å²) >= 11 is 0. The second-order valence-corrected chi connectivity index (χ2v) is 21.4. The molecule has 0 saturated carbocycles. The van der Waals surface area contributed by atoms with Crippen LogP contribution in [0.25, 0.3) is 0 Å². The van der Waals surface area contributed by atoms with Crippen LogP contribution in [0, 0.1) is 11.5 Å². The molecule has 4 rings (SSSR count). The van der Waals surface area contributed by atoms with E-state index in [0.29, 0.717) is 70.7 Å². The van der Waals surface area contributed by atoms with E-state index in [2.05, 4.69) is 90.1 Å². The highest BCUT2D eigenvalue weighted by Crippen LogP contribution is 2.35. The van der Waals surface area contributed by atoms with Crippen LogP contribution < -0.4 is 0 Å². The minimum absolute atomic E-state index is 0.118. The van der Waals surface area contributed by atoms with Crippen molar-refractivity contribution < 1.29 is 42.7 Å². The van der Waals surface area contributed by atoms with E-state index in [9.17, 15) is 4.79 Å². The number of hydrogen-bond acceptors (Lipinski definition) is 15. The first-order valence-electron chi connectivity index (χ1n) is 20.8. The molecule has 1 fully saturated rings. The Morgan fingerprint density at radius 1 is 0.780 bits per heavy atom. The average Bonchev–Trinajstić information content (AvgIpc) is 3.46. The van der Waals surface area contributed by atoms with Crippen molar-refractivity contribution in [3.8, 4) is 11.5 Å². The standard InChI is InChI=1S/C40H67N9O9Si/c1-9-11-15-55-36(27-51-14-13-17-59(7,8)40(4,5)6)21-47-18-33(41-44-47)25-53-29-38(58-32(3)50)23-49-20-35(43-46-49)24-52-28-37(56-16-12-10-2)22-48-19-34(42-45-48)26-54-30-39-31-57-39/h18-20,36-39H,9-12,14-16,21-31H2,1-8H3/t36-,37-,38-,39+/m1/s1. The maximum atomic E-state index is 12.0. The summed E-state index contributed by atoms with van der Waals surface area (Å²) in [6.45, 7) is 22.7. The summed E-state index contributed by atoms with van der Waals surface area (Å²) in [5, 5.41) is 25.7. The van der Waals surface area contributed by atoms with Gasteiger partial charge in [0, 0.05) is 20.1 Å². The van der Waals surface area contributed by atoms with Crippen molar-refractivity contribution >= 4 is 14.0 Å². The number of carbonyl (C=O) groups excluding carboxylic acids is 1. The number of ether oxygens (including phenoxy) is 8. The van der Waals surface area contributed by atoms with E-state index in [1.54, 1.807) is 20.2 Å². The summed E-state index contributed by atoms with van der Waals surface area (Å²) in [5.41, 5.74) is 5.49. The predicted octanol–water partition coefficient (Wildman–Crippen LogP) is 4.18. The van der Waals surface area contributed by atoms with E-state index in [1.165, 1.54) is 6.92 Å². The van der Waals surface area contributed by atoms with Crippen molar-refractivity contribution in [3.63, 3.8) is 0 Å². The van der Waals surface area contributed by atoms with Crippen molar-refractivity contribution in [2.24, 2.45) is 0 Å². The van der Waals surface area contributed by atoms with E-state index >= 15 is 0 Å². The maximum Gasteiger partial charge on any atom is 0.303 e. The summed E-state index contributed by atoms with van der Waals surface area (Å²) in [7, 11) is -1.69. The molecule has 0 N–H and O–H groups in total. The first kappa shape index (κ1) is 48.1. The van der Waals surface area contributed by atoms with Crippen LogP contribution in [0.15, 0.2) is 18.6 Å². The Hall–Kier alpha value is -3.61. The van der Waals surface area contributed by atoms with Crippen LogP contribution in [-0.2, 0) is 82.1 Å². The molecule has 0 bridgehead atoms. The molecule has 1 aliphatic heterocycles. The molecule has 0 amide bonds. The van der Waals surface area contributed by atoms with Gasteiger partial charge in [-0.2, -0.15) is 0 Å². The van der Waals surface area contributed by atoms with E-state index in [0.717, 1.165) is 38.0 Å². The fourth-order valence-electron chi connectivity index (χ4n) is 5.30. The van der Waals surface area contributed by atoms with Gasteiger partial charge in [0.2, 0.25) is 0 Å². The molecule has 4 heterocycles. The maximum absolute atomic E-state index is 12.0. The van der Waals surface area contributed by atoms with Crippen LogP contribution in [0.2, 0.25) is 18.1 Å². The molecular weight excluding hydrogens is 779 g/mol. The Morgan fingerprint density at radius 2 is 1.24 bits per heavy atom. The van der Waals surface area contributed by atoms with Gasteiger partial charge in [0.15, 0.2) is 0 Å². The molecule has 19 heteroatoms. The molecule has 0 radical (unpaired) electrons. The monoisotopic (exact) mass is 845 g/mol. The number of hydrogen-bond donors (Lipinski definition) is 0. The topological polar surface area (TPSA) is 186 Å². The fraction of sp³-hybridized carbons (Fsp3) is 0.775. The van der Waals surface area contributed by atoms with Gasteiger partial charge >= 0.3 is 5.97 Å². The van der Waals surface area contributed by atoms with Gasteiger partial charge in [-0.1, -0.05) is 82.1 Å². The van der Waals surface area contributed by atoms with Gasteiger partial charge in [0.25, 0.3) is 0 Å². The SMILES string of the molecule is CCCCO[C@@H](COCC#C[Si](C)(C)C(C)(C)C)Cn1cc(COC[C@@H](Cn2cc(COC[C@@H](Cn3cc(COC[C@H]4CO4)nn3)OCCCC)nn2)OC(C)=O)nn1. The van der Waals surface area contributed by atoms with E-state index in [1.807, 2.05) is 12.4 Å². The third kappa shape index (κ3) is 19.1. The lowest BCUT2D eigenvalue weighted by Crippen LogP contribution is -2.35. The predicted molar refractivity (Wildman–Crippen MR) is 219 cm³/mol.